The molecule has 0 aliphatic carbocycles. The highest BCUT2D eigenvalue weighted by Gasteiger charge is 1.57. The number of nitrogens with two attached hydrogens (primary N) is 1. The summed E-state index contributed by atoms with van der Waals surface area (Å²) in [6.45, 7) is 3.52. The van der Waals surface area contributed by atoms with Gasteiger partial charge in [0.2, 0.25) is 0 Å². The third kappa shape index (κ3) is 6.76. The zero-order valence-electron chi connectivity index (χ0n) is 5.33. The van der Waals surface area contributed by atoms with Crippen molar-refractivity contribution in [2.24, 2.45) is 5.73 Å². The molecule has 0 saturated carbocycles. The molecule has 0 aromatic carbocycles. The SMILES string of the molecule is C=C/C=C/C=C\C=C\N. The predicted molar refractivity (Wildman–Crippen MR) is 41.8 cm³/mol. The Balaban J connectivity index is 3.46. The van der Waals surface area contributed by atoms with E-state index in [1.165, 1.54) is 6.20 Å². The first-order chi connectivity index (χ1) is 4.41. The maximum absolute atomic E-state index is 5.07. The van der Waals surface area contributed by atoms with Gasteiger partial charge in [-0.2, -0.15) is 0 Å². The number of hydrogen-bond acceptors (Lipinski definition) is 1. The molecule has 0 saturated heterocycles. The molecule has 0 radical (unpaired) electrons. The van der Waals surface area contributed by atoms with Crippen LogP contribution in [0.15, 0.2) is 49.2 Å². The van der Waals surface area contributed by atoms with Crippen LogP contribution in [0.2, 0.25) is 0 Å². The molecule has 0 unspecified atom stereocenters. The largest absolute Gasteiger partial charge is 0.405 e. The molecule has 9 heavy (non-hydrogen) atoms. The molecule has 0 aromatic rings. The van der Waals surface area contributed by atoms with Gasteiger partial charge in [-0.25, -0.2) is 0 Å². The first-order valence-electron chi connectivity index (χ1n) is 2.74. The summed E-state index contributed by atoms with van der Waals surface area (Å²) in [5.41, 5.74) is 5.07. The van der Waals surface area contributed by atoms with Crippen LogP contribution in [-0.4, -0.2) is 0 Å². The fraction of sp³-hybridized carbons (Fsp3) is 0. The molecule has 0 atom stereocenters. The molecule has 1 nitrogen and oxygen atoms in total. The molecule has 0 rings (SSSR count). The number of rotatable bonds is 3. The lowest BCUT2D eigenvalue weighted by atomic mass is 10.4. The normalized spacial score (nSPS) is 12.0. The van der Waals surface area contributed by atoms with Crippen molar-refractivity contribution >= 4 is 0 Å². The monoisotopic (exact) mass is 121 g/mol. The second-order valence-corrected chi connectivity index (χ2v) is 1.39. The van der Waals surface area contributed by atoms with E-state index < -0.39 is 0 Å². The Morgan fingerprint density at radius 2 is 1.44 bits per heavy atom. The first kappa shape index (κ1) is 7.76. The van der Waals surface area contributed by atoms with Crippen molar-refractivity contribution in [3.8, 4) is 0 Å². The average molecular weight is 121 g/mol. The van der Waals surface area contributed by atoms with Crippen molar-refractivity contribution in [3.63, 3.8) is 0 Å². The minimum Gasteiger partial charge on any atom is -0.405 e. The Hall–Kier alpha value is -1.24. The van der Waals surface area contributed by atoms with Gasteiger partial charge in [-0.3, -0.25) is 0 Å². The topological polar surface area (TPSA) is 26.0 Å². The molecule has 0 aliphatic heterocycles. The second-order valence-electron chi connectivity index (χ2n) is 1.39. The average Bonchev–Trinajstić information content (AvgIpc) is 1.89. The highest BCUT2D eigenvalue weighted by atomic mass is 14.5. The zero-order valence-corrected chi connectivity index (χ0v) is 5.33. The predicted octanol–water partition coefficient (Wildman–Crippen LogP) is 1.76. The van der Waals surface area contributed by atoms with Crippen LogP contribution in [0.3, 0.4) is 0 Å². The van der Waals surface area contributed by atoms with Crippen molar-refractivity contribution in [2.45, 2.75) is 0 Å². The molecule has 1 heteroatoms. The summed E-state index contributed by atoms with van der Waals surface area (Å²) in [6.07, 6.45) is 12.4. The van der Waals surface area contributed by atoms with Crippen LogP contribution in [0.4, 0.5) is 0 Å². The van der Waals surface area contributed by atoms with Crippen molar-refractivity contribution in [1.29, 1.82) is 0 Å². The molecule has 0 aromatic heterocycles. The van der Waals surface area contributed by atoms with E-state index in [1.807, 2.05) is 24.3 Å². The molecule has 0 fully saturated rings. The van der Waals surface area contributed by atoms with E-state index in [9.17, 15) is 0 Å². The van der Waals surface area contributed by atoms with E-state index in [4.69, 9.17) is 5.73 Å². The number of allylic oxidation sites excluding steroid dienone is 6. The van der Waals surface area contributed by atoms with Gasteiger partial charge in [-0.15, -0.1) is 0 Å². The molecular formula is C8H11N. The lowest BCUT2D eigenvalue weighted by molar-refractivity contribution is 1.60. The summed E-state index contributed by atoms with van der Waals surface area (Å²) in [6, 6.07) is 0. The summed E-state index contributed by atoms with van der Waals surface area (Å²) >= 11 is 0. The van der Waals surface area contributed by atoms with Gasteiger partial charge < -0.3 is 5.73 Å². The van der Waals surface area contributed by atoms with E-state index >= 15 is 0 Å². The third-order valence-corrected chi connectivity index (χ3v) is 0.692. The lowest BCUT2D eigenvalue weighted by Crippen LogP contribution is -1.71. The molecule has 2 N–H and O–H groups in total. The summed E-state index contributed by atoms with van der Waals surface area (Å²) in [5.74, 6) is 0. The molecule has 0 amide bonds. The lowest BCUT2D eigenvalue weighted by Gasteiger charge is -1.69. The molecule has 0 heterocycles. The van der Waals surface area contributed by atoms with E-state index in [-0.39, 0.29) is 0 Å². The van der Waals surface area contributed by atoms with Gasteiger partial charge >= 0.3 is 0 Å². The maximum atomic E-state index is 5.07. The minimum atomic E-state index is 1.48. The summed E-state index contributed by atoms with van der Waals surface area (Å²) in [7, 11) is 0. The van der Waals surface area contributed by atoms with Gasteiger partial charge in [-0.05, 0) is 12.3 Å². The second kappa shape index (κ2) is 6.76. The van der Waals surface area contributed by atoms with Crippen LogP contribution >= 0.6 is 0 Å². The van der Waals surface area contributed by atoms with Gasteiger partial charge in [0.15, 0.2) is 0 Å². The van der Waals surface area contributed by atoms with Gasteiger partial charge in [0.05, 0.1) is 0 Å². The highest BCUT2D eigenvalue weighted by Crippen LogP contribution is 1.77. The smallest absolute Gasteiger partial charge is 0.00624 e. The maximum Gasteiger partial charge on any atom is -0.00624 e. The highest BCUT2D eigenvalue weighted by molar-refractivity contribution is 5.13. The summed E-state index contributed by atoms with van der Waals surface area (Å²) < 4.78 is 0. The van der Waals surface area contributed by atoms with Gasteiger partial charge in [0.1, 0.15) is 0 Å². The Labute approximate surface area is 55.9 Å². The summed E-state index contributed by atoms with van der Waals surface area (Å²) in [5, 5.41) is 0. The van der Waals surface area contributed by atoms with Crippen LogP contribution in [-0.2, 0) is 0 Å². The zero-order chi connectivity index (χ0) is 6.95. The minimum absolute atomic E-state index is 1.48. The Morgan fingerprint density at radius 3 is 2.00 bits per heavy atom. The quantitative estimate of drug-likeness (QED) is 0.566. The van der Waals surface area contributed by atoms with Crippen molar-refractivity contribution in [1.82, 2.24) is 0 Å². The van der Waals surface area contributed by atoms with Crippen LogP contribution in [0.1, 0.15) is 0 Å². The van der Waals surface area contributed by atoms with Gasteiger partial charge in [0.25, 0.3) is 0 Å². The molecule has 0 aliphatic rings. The molecular weight excluding hydrogens is 110 g/mol. The molecule has 48 valence electrons. The standard InChI is InChI=1S/C8H11N/c1-2-3-4-5-6-7-8-9/h2-8H,1,9H2/b4-3+,6-5-,8-7+. The van der Waals surface area contributed by atoms with E-state index in [0.717, 1.165) is 0 Å². The van der Waals surface area contributed by atoms with Crippen molar-refractivity contribution in [3.05, 3.63) is 49.2 Å². The fourth-order valence-corrected chi connectivity index (χ4v) is 0.335. The van der Waals surface area contributed by atoms with Crippen molar-refractivity contribution in [2.75, 3.05) is 0 Å². The summed E-state index contributed by atoms with van der Waals surface area (Å²) in [4.78, 5) is 0. The van der Waals surface area contributed by atoms with E-state index in [0.29, 0.717) is 0 Å². The van der Waals surface area contributed by atoms with Crippen LogP contribution in [0.5, 0.6) is 0 Å². The molecule has 0 bridgehead atoms. The molecule has 0 spiro atoms. The van der Waals surface area contributed by atoms with Crippen LogP contribution in [0.25, 0.3) is 0 Å². The first-order valence-corrected chi connectivity index (χ1v) is 2.74. The van der Waals surface area contributed by atoms with E-state index in [1.54, 1.807) is 12.2 Å². The number of hydrogen-bond donors (Lipinski definition) is 1. The van der Waals surface area contributed by atoms with Crippen LogP contribution in [0, 0.1) is 0 Å². The third-order valence-electron chi connectivity index (χ3n) is 0.692. The van der Waals surface area contributed by atoms with E-state index in [2.05, 4.69) is 6.58 Å². The van der Waals surface area contributed by atoms with Gasteiger partial charge in [-0.1, -0.05) is 37.0 Å². The van der Waals surface area contributed by atoms with Crippen molar-refractivity contribution < 1.29 is 0 Å². The fourth-order valence-electron chi connectivity index (χ4n) is 0.335. The van der Waals surface area contributed by atoms with Gasteiger partial charge in [0, 0.05) is 0 Å². The van der Waals surface area contributed by atoms with Crippen LogP contribution < -0.4 is 5.73 Å². The Kier molecular flexibility index (Phi) is 5.83. The Bertz CT molecular complexity index is 141. The Morgan fingerprint density at radius 1 is 0.889 bits per heavy atom.